The third-order valence-corrected chi connectivity index (χ3v) is 3.19. The molecule has 2 rings (SSSR count). The summed E-state index contributed by atoms with van der Waals surface area (Å²) in [6.07, 6.45) is 10.4. The molecule has 0 radical (unpaired) electrons. The molecule has 1 fully saturated rings. The van der Waals surface area contributed by atoms with E-state index in [1.807, 2.05) is 0 Å². The first-order valence-electron chi connectivity index (χ1n) is 4.52. The summed E-state index contributed by atoms with van der Waals surface area (Å²) < 4.78 is 0. The Morgan fingerprint density at radius 3 is 3.18 bits per heavy atom. The van der Waals surface area contributed by atoms with Crippen molar-refractivity contribution in [2.24, 2.45) is 17.8 Å². The molecule has 0 heterocycles. The zero-order valence-electron chi connectivity index (χ0n) is 6.70. The van der Waals surface area contributed by atoms with Gasteiger partial charge < -0.3 is 4.79 Å². The van der Waals surface area contributed by atoms with Crippen molar-refractivity contribution in [3.8, 4) is 0 Å². The molecule has 0 aromatic carbocycles. The SMILES string of the molecule is O=CCC1CCC2CC=CC12. The van der Waals surface area contributed by atoms with E-state index in [1.54, 1.807) is 0 Å². The van der Waals surface area contributed by atoms with E-state index in [-0.39, 0.29) is 0 Å². The van der Waals surface area contributed by atoms with Gasteiger partial charge in [0.05, 0.1) is 0 Å². The Bertz CT molecular complexity index is 183. The van der Waals surface area contributed by atoms with E-state index >= 15 is 0 Å². The third-order valence-electron chi connectivity index (χ3n) is 3.19. The molecule has 0 aromatic heterocycles. The second-order valence-corrected chi connectivity index (χ2v) is 3.74. The van der Waals surface area contributed by atoms with E-state index in [2.05, 4.69) is 12.2 Å². The largest absolute Gasteiger partial charge is 0.303 e. The van der Waals surface area contributed by atoms with Crippen LogP contribution in [-0.2, 0) is 4.79 Å². The molecule has 0 spiro atoms. The van der Waals surface area contributed by atoms with Crippen molar-refractivity contribution < 1.29 is 4.79 Å². The fourth-order valence-corrected chi connectivity index (χ4v) is 2.60. The van der Waals surface area contributed by atoms with Crippen molar-refractivity contribution in [2.75, 3.05) is 0 Å². The molecule has 0 amide bonds. The van der Waals surface area contributed by atoms with Crippen LogP contribution in [0.15, 0.2) is 12.2 Å². The van der Waals surface area contributed by atoms with E-state index in [0.717, 1.165) is 24.5 Å². The average molecular weight is 150 g/mol. The Hall–Kier alpha value is -0.590. The maximum Gasteiger partial charge on any atom is 0.120 e. The van der Waals surface area contributed by atoms with Crippen LogP contribution in [0, 0.1) is 17.8 Å². The summed E-state index contributed by atoms with van der Waals surface area (Å²) in [5.41, 5.74) is 0. The van der Waals surface area contributed by atoms with Gasteiger partial charge in [-0.25, -0.2) is 0 Å². The Morgan fingerprint density at radius 1 is 1.45 bits per heavy atom. The van der Waals surface area contributed by atoms with E-state index in [9.17, 15) is 4.79 Å². The lowest BCUT2D eigenvalue weighted by molar-refractivity contribution is -0.108. The van der Waals surface area contributed by atoms with Gasteiger partial charge in [0.2, 0.25) is 0 Å². The van der Waals surface area contributed by atoms with Gasteiger partial charge in [-0.2, -0.15) is 0 Å². The van der Waals surface area contributed by atoms with Gasteiger partial charge in [0.1, 0.15) is 6.29 Å². The fraction of sp³-hybridized carbons (Fsp3) is 0.700. The second-order valence-electron chi connectivity index (χ2n) is 3.74. The predicted octanol–water partition coefficient (Wildman–Crippen LogP) is 2.18. The molecule has 1 nitrogen and oxygen atoms in total. The van der Waals surface area contributed by atoms with Crippen molar-refractivity contribution in [3.05, 3.63) is 12.2 Å². The van der Waals surface area contributed by atoms with Crippen LogP contribution >= 0.6 is 0 Å². The molecule has 2 aliphatic rings. The molecular formula is C10H14O. The normalized spacial score (nSPS) is 40.9. The Balaban J connectivity index is 2.02. The van der Waals surface area contributed by atoms with Gasteiger partial charge in [-0.05, 0) is 37.0 Å². The number of hydrogen-bond acceptors (Lipinski definition) is 1. The summed E-state index contributed by atoms with van der Waals surface area (Å²) in [7, 11) is 0. The van der Waals surface area contributed by atoms with Crippen LogP contribution < -0.4 is 0 Å². The third kappa shape index (κ3) is 1.13. The van der Waals surface area contributed by atoms with Crippen LogP contribution in [-0.4, -0.2) is 6.29 Å². The zero-order valence-corrected chi connectivity index (χ0v) is 6.70. The number of fused-ring (bicyclic) bond motifs is 1. The molecule has 0 saturated heterocycles. The predicted molar refractivity (Wildman–Crippen MR) is 44.1 cm³/mol. The first-order chi connectivity index (χ1) is 5.42. The topological polar surface area (TPSA) is 17.1 Å². The first kappa shape index (κ1) is 7.08. The molecule has 2 aliphatic carbocycles. The van der Waals surface area contributed by atoms with Gasteiger partial charge in [0.15, 0.2) is 0 Å². The molecule has 3 unspecified atom stereocenters. The lowest BCUT2D eigenvalue weighted by atomic mass is 9.91. The van der Waals surface area contributed by atoms with Crippen molar-refractivity contribution in [3.63, 3.8) is 0 Å². The number of hydrogen-bond donors (Lipinski definition) is 0. The summed E-state index contributed by atoms with van der Waals surface area (Å²) in [4.78, 5) is 10.3. The summed E-state index contributed by atoms with van der Waals surface area (Å²) >= 11 is 0. The minimum Gasteiger partial charge on any atom is -0.303 e. The number of allylic oxidation sites excluding steroid dienone is 2. The van der Waals surface area contributed by atoms with Crippen LogP contribution in [0.25, 0.3) is 0 Å². The lowest BCUT2D eigenvalue weighted by Crippen LogP contribution is -2.08. The minimum absolute atomic E-state index is 0.677. The fourth-order valence-electron chi connectivity index (χ4n) is 2.60. The van der Waals surface area contributed by atoms with Crippen LogP contribution in [0.2, 0.25) is 0 Å². The van der Waals surface area contributed by atoms with Crippen molar-refractivity contribution >= 4 is 6.29 Å². The van der Waals surface area contributed by atoms with E-state index in [0.29, 0.717) is 5.92 Å². The Labute approximate surface area is 67.5 Å². The van der Waals surface area contributed by atoms with Crippen LogP contribution in [0.4, 0.5) is 0 Å². The molecule has 11 heavy (non-hydrogen) atoms. The minimum atomic E-state index is 0.677. The average Bonchev–Trinajstić information content (AvgIpc) is 2.53. The van der Waals surface area contributed by atoms with Crippen LogP contribution in [0.1, 0.15) is 25.7 Å². The van der Waals surface area contributed by atoms with Gasteiger partial charge in [-0.1, -0.05) is 12.2 Å². The molecule has 0 aromatic rings. The number of rotatable bonds is 2. The van der Waals surface area contributed by atoms with Crippen molar-refractivity contribution in [2.45, 2.75) is 25.7 Å². The molecule has 1 heteroatoms. The molecule has 3 atom stereocenters. The maximum atomic E-state index is 10.3. The Morgan fingerprint density at radius 2 is 2.36 bits per heavy atom. The number of carbonyl (C=O) groups is 1. The highest BCUT2D eigenvalue weighted by Crippen LogP contribution is 2.44. The van der Waals surface area contributed by atoms with E-state index < -0.39 is 0 Å². The summed E-state index contributed by atoms with van der Waals surface area (Å²) in [5.74, 6) is 2.32. The van der Waals surface area contributed by atoms with Gasteiger partial charge in [-0.15, -0.1) is 0 Å². The Kier molecular flexibility index (Phi) is 1.80. The highest BCUT2D eigenvalue weighted by atomic mass is 16.1. The highest BCUT2D eigenvalue weighted by Gasteiger charge is 2.35. The van der Waals surface area contributed by atoms with Gasteiger partial charge in [-0.3, -0.25) is 0 Å². The van der Waals surface area contributed by atoms with Gasteiger partial charge >= 0.3 is 0 Å². The summed E-state index contributed by atoms with van der Waals surface area (Å²) in [6, 6.07) is 0. The smallest absolute Gasteiger partial charge is 0.120 e. The van der Waals surface area contributed by atoms with E-state index in [4.69, 9.17) is 0 Å². The molecule has 0 aliphatic heterocycles. The van der Waals surface area contributed by atoms with Crippen molar-refractivity contribution in [1.29, 1.82) is 0 Å². The molecule has 0 N–H and O–H groups in total. The standard InChI is InChI=1S/C10H14O/c11-7-6-9-5-4-8-2-1-3-10(8)9/h1,3,7-10H,2,4-6H2. The van der Waals surface area contributed by atoms with Crippen molar-refractivity contribution in [1.82, 2.24) is 0 Å². The lowest BCUT2D eigenvalue weighted by Gasteiger charge is -2.13. The van der Waals surface area contributed by atoms with Gasteiger partial charge in [0, 0.05) is 6.42 Å². The molecule has 0 bridgehead atoms. The highest BCUT2D eigenvalue weighted by molar-refractivity contribution is 5.50. The van der Waals surface area contributed by atoms with E-state index in [1.165, 1.54) is 19.3 Å². The summed E-state index contributed by atoms with van der Waals surface area (Å²) in [5, 5.41) is 0. The molecule has 60 valence electrons. The monoisotopic (exact) mass is 150 g/mol. The first-order valence-corrected chi connectivity index (χ1v) is 4.52. The number of carbonyl (C=O) groups excluding carboxylic acids is 1. The maximum absolute atomic E-state index is 10.3. The quantitative estimate of drug-likeness (QED) is 0.435. The van der Waals surface area contributed by atoms with Crippen LogP contribution in [0.5, 0.6) is 0 Å². The molecular weight excluding hydrogens is 136 g/mol. The zero-order chi connectivity index (χ0) is 7.68. The second kappa shape index (κ2) is 2.80. The van der Waals surface area contributed by atoms with Crippen LogP contribution in [0.3, 0.4) is 0 Å². The summed E-state index contributed by atoms with van der Waals surface area (Å²) in [6.45, 7) is 0. The number of aldehydes is 1. The van der Waals surface area contributed by atoms with Gasteiger partial charge in [0.25, 0.3) is 0 Å². The molecule has 1 saturated carbocycles.